The Labute approximate surface area is 269 Å². The van der Waals surface area contributed by atoms with Crippen molar-refractivity contribution in [3.63, 3.8) is 0 Å². The Morgan fingerprint density at radius 2 is 1.87 bits per heavy atom. The number of piperazine rings is 1. The van der Waals surface area contributed by atoms with Gasteiger partial charge in [0.1, 0.15) is 5.82 Å². The fourth-order valence-electron chi connectivity index (χ4n) is 7.70. The van der Waals surface area contributed by atoms with E-state index in [4.69, 9.17) is 26.3 Å². The van der Waals surface area contributed by atoms with Gasteiger partial charge in [-0.3, -0.25) is 0 Å². The summed E-state index contributed by atoms with van der Waals surface area (Å²) in [6.45, 7) is 5.46. The third-order valence-electron chi connectivity index (χ3n) is 10.5. The minimum atomic E-state index is -0.989. The molecule has 2 aromatic carbocycles. The molecule has 0 spiro atoms. The van der Waals surface area contributed by atoms with Crippen LogP contribution in [0, 0.1) is 22.7 Å². The lowest BCUT2D eigenvalue weighted by molar-refractivity contribution is 0.107. The van der Waals surface area contributed by atoms with Gasteiger partial charge in [-0.05, 0) is 75.7 Å². The predicted octanol–water partition coefficient (Wildman–Crippen LogP) is 5.43. The number of fused-ring (bicyclic) bond motifs is 2. The van der Waals surface area contributed by atoms with Crippen LogP contribution >= 0.6 is 11.6 Å². The molecule has 3 aromatic rings. The zero-order valence-corrected chi connectivity index (χ0v) is 26.5. The number of halogens is 1. The molecule has 45 heavy (non-hydrogen) atoms. The highest BCUT2D eigenvalue weighted by Crippen LogP contribution is 2.55. The Bertz CT molecular complexity index is 1630. The van der Waals surface area contributed by atoms with E-state index in [-0.39, 0.29) is 11.8 Å². The lowest BCUT2D eigenvalue weighted by Gasteiger charge is -2.41. The van der Waals surface area contributed by atoms with Gasteiger partial charge in [-0.15, -0.1) is 0 Å². The van der Waals surface area contributed by atoms with Crippen LogP contribution in [-0.4, -0.2) is 89.9 Å². The molecule has 1 atom stereocenters. The summed E-state index contributed by atoms with van der Waals surface area (Å²) in [6.07, 6.45) is 4.64. The molecule has 236 valence electrons. The molecule has 4 aliphatic rings. The number of amides is 1. The van der Waals surface area contributed by atoms with Crippen molar-refractivity contribution in [2.24, 2.45) is 11.3 Å². The quantitative estimate of drug-likeness (QED) is 0.366. The highest BCUT2D eigenvalue weighted by Gasteiger charge is 2.50. The van der Waals surface area contributed by atoms with Crippen LogP contribution < -0.4 is 14.5 Å². The summed E-state index contributed by atoms with van der Waals surface area (Å²) in [5, 5.41) is 22.1. The largest absolute Gasteiger partial charge is 0.465 e. The number of carbonyl (C=O) groups is 1. The van der Waals surface area contributed by atoms with Gasteiger partial charge in [-0.1, -0.05) is 35.9 Å². The van der Waals surface area contributed by atoms with Crippen LogP contribution in [0.2, 0.25) is 5.02 Å². The van der Waals surface area contributed by atoms with Crippen molar-refractivity contribution in [1.82, 2.24) is 19.8 Å². The van der Waals surface area contributed by atoms with Gasteiger partial charge in [0.15, 0.2) is 0 Å². The van der Waals surface area contributed by atoms with Crippen molar-refractivity contribution in [3.8, 4) is 12.1 Å². The van der Waals surface area contributed by atoms with E-state index in [0.29, 0.717) is 44.7 Å². The first kappa shape index (κ1) is 29.9. The van der Waals surface area contributed by atoms with Gasteiger partial charge in [0, 0.05) is 48.2 Å². The summed E-state index contributed by atoms with van der Waals surface area (Å²) in [7, 11) is 2.20. The number of ether oxygens (including phenoxy) is 1. The topological polar surface area (TPSA) is 109 Å². The van der Waals surface area contributed by atoms with Crippen LogP contribution in [-0.2, 0) is 13.0 Å². The summed E-state index contributed by atoms with van der Waals surface area (Å²) in [4.78, 5) is 30.2. The van der Waals surface area contributed by atoms with Gasteiger partial charge in [0.05, 0.1) is 42.4 Å². The van der Waals surface area contributed by atoms with Crippen LogP contribution in [0.25, 0.3) is 10.8 Å². The number of benzene rings is 2. The van der Waals surface area contributed by atoms with E-state index in [1.54, 1.807) is 0 Å². The SMILES string of the molecule is CN1CCC(C2(COc3nc4c(c(N5CCN(C(=O)O)[C@@H](CC#N)C5)n3)CCN(c3cccc5cccc(Cl)c35)C4)CC2)CC1. The van der Waals surface area contributed by atoms with Gasteiger partial charge in [-0.25, -0.2) is 4.79 Å². The van der Waals surface area contributed by atoms with E-state index in [2.05, 4.69) is 52.1 Å². The molecule has 1 amide bonds. The maximum absolute atomic E-state index is 11.9. The van der Waals surface area contributed by atoms with Crippen molar-refractivity contribution in [2.45, 2.75) is 51.1 Å². The van der Waals surface area contributed by atoms with Crippen LogP contribution in [0.3, 0.4) is 0 Å². The van der Waals surface area contributed by atoms with E-state index in [9.17, 15) is 15.2 Å². The predicted molar refractivity (Wildman–Crippen MR) is 174 cm³/mol. The fourth-order valence-corrected chi connectivity index (χ4v) is 7.98. The van der Waals surface area contributed by atoms with E-state index >= 15 is 0 Å². The number of likely N-dealkylation sites (tertiary alicyclic amines) is 1. The number of rotatable bonds is 7. The number of carboxylic acid groups (broad SMARTS) is 1. The van der Waals surface area contributed by atoms with Crippen molar-refractivity contribution in [2.75, 3.05) is 62.7 Å². The van der Waals surface area contributed by atoms with E-state index in [1.807, 2.05) is 12.1 Å². The number of piperidine rings is 1. The average Bonchev–Trinajstić information content (AvgIpc) is 3.84. The zero-order valence-electron chi connectivity index (χ0n) is 25.8. The first-order valence-electron chi connectivity index (χ1n) is 16.1. The Balaban J connectivity index is 1.20. The third-order valence-corrected chi connectivity index (χ3v) is 10.8. The second-order valence-electron chi connectivity index (χ2n) is 13.2. The standard InChI is InChI=1S/C34H40ClN7O3/c1-39-15-9-24(10-16-39)34(12-13-34)22-45-32-37-28-21-40(29-7-3-5-23-4-2-6-27(35)30(23)29)17-11-26(28)31(38-32)41-18-19-42(33(43)44)25(20-41)8-14-36/h2-7,24-25H,8-13,15-22H2,1H3,(H,43,44)/t25-/m0/s1. The molecule has 3 fully saturated rings. The zero-order chi connectivity index (χ0) is 31.1. The second kappa shape index (κ2) is 12.2. The Morgan fingerprint density at radius 3 is 2.60 bits per heavy atom. The molecular formula is C34H40ClN7O3. The Morgan fingerprint density at radius 1 is 1.09 bits per heavy atom. The summed E-state index contributed by atoms with van der Waals surface area (Å²) in [5.41, 5.74) is 3.28. The summed E-state index contributed by atoms with van der Waals surface area (Å²) in [5.74, 6) is 1.47. The number of hydrogen-bond acceptors (Lipinski definition) is 8. The van der Waals surface area contributed by atoms with Crippen LogP contribution in [0.4, 0.5) is 16.3 Å². The number of nitrogens with zero attached hydrogens (tertiary/aromatic N) is 7. The van der Waals surface area contributed by atoms with Crippen LogP contribution in [0.5, 0.6) is 6.01 Å². The first-order chi connectivity index (χ1) is 21.8. The summed E-state index contributed by atoms with van der Waals surface area (Å²) in [6, 6.07) is 14.4. The Kier molecular flexibility index (Phi) is 8.09. The lowest BCUT2D eigenvalue weighted by Crippen LogP contribution is -2.55. The van der Waals surface area contributed by atoms with Gasteiger partial charge in [-0.2, -0.15) is 15.2 Å². The minimum absolute atomic E-state index is 0.133. The molecule has 1 aromatic heterocycles. The molecule has 4 heterocycles. The molecule has 1 aliphatic carbocycles. The maximum atomic E-state index is 11.9. The fraction of sp³-hybridized carbons (Fsp3) is 0.529. The number of nitriles is 1. The normalized spacial score (nSPS) is 21.8. The van der Waals surface area contributed by atoms with Gasteiger partial charge in [0.2, 0.25) is 0 Å². The molecule has 0 unspecified atom stereocenters. The molecular weight excluding hydrogens is 590 g/mol. The molecule has 0 bridgehead atoms. The first-order valence-corrected chi connectivity index (χ1v) is 16.5. The molecule has 3 aliphatic heterocycles. The molecule has 1 saturated carbocycles. The highest BCUT2D eigenvalue weighted by atomic mass is 35.5. The molecule has 10 nitrogen and oxygen atoms in total. The third kappa shape index (κ3) is 5.84. The average molecular weight is 630 g/mol. The molecule has 0 radical (unpaired) electrons. The summed E-state index contributed by atoms with van der Waals surface area (Å²) >= 11 is 6.72. The number of anilines is 2. The number of hydrogen-bond donors (Lipinski definition) is 1. The van der Waals surface area contributed by atoms with E-state index in [1.165, 1.54) is 30.6 Å². The lowest BCUT2D eigenvalue weighted by atomic mass is 9.82. The second-order valence-corrected chi connectivity index (χ2v) is 13.6. The van der Waals surface area contributed by atoms with Gasteiger partial charge >= 0.3 is 12.1 Å². The smallest absolute Gasteiger partial charge is 0.407 e. The maximum Gasteiger partial charge on any atom is 0.407 e. The molecule has 11 heteroatoms. The minimum Gasteiger partial charge on any atom is -0.465 e. The van der Waals surface area contributed by atoms with Crippen LogP contribution in [0.1, 0.15) is 43.4 Å². The highest BCUT2D eigenvalue weighted by molar-refractivity contribution is 6.36. The monoisotopic (exact) mass is 629 g/mol. The van der Waals surface area contributed by atoms with Gasteiger partial charge < -0.3 is 29.4 Å². The van der Waals surface area contributed by atoms with E-state index < -0.39 is 12.1 Å². The van der Waals surface area contributed by atoms with Crippen molar-refractivity contribution >= 4 is 40.0 Å². The Hall–Kier alpha value is -3.81. The van der Waals surface area contributed by atoms with Crippen molar-refractivity contribution in [3.05, 3.63) is 52.7 Å². The van der Waals surface area contributed by atoms with Gasteiger partial charge in [0.25, 0.3) is 0 Å². The molecule has 2 saturated heterocycles. The van der Waals surface area contributed by atoms with E-state index in [0.717, 1.165) is 64.6 Å². The van der Waals surface area contributed by atoms with Crippen LogP contribution in [0.15, 0.2) is 36.4 Å². The van der Waals surface area contributed by atoms with Crippen molar-refractivity contribution < 1.29 is 14.6 Å². The van der Waals surface area contributed by atoms with Crippen molar-refractivity contribution in [1.29, 1.82) is 5.26 Å². The summed E-state index contributed by atoms with van der Waals surface area (Å²) < 4.78 is 6.52. The number of aromatic nitrogens is 2. The molecule has 1 N–H and O–H groups in total. The molecule has 7 rings (SSSR count).